The maximum atomic E-state index is 11.1. The number of rotatable bonds is 5. The monoisotopic (exact) mass is 262 g/mol. The van der Waals surface area contributed by atoms with Crippen molar-refractivity contribution in [2.24, 2.45) is 11.7 Å². The zero-order valence-electron chi connectivity index (χ0n) is 11.4. The topological polar surface area (TPSA) is 71.2 Å². The first-order valence-electron chi connectivity index (χ1n) is 6.89. The van der Waals surface area contributed by atoms with Gasteiger partial charge in [0, 0.05) is 25.2 Å². The first-order chi connectivity index (χ1) is 9.19. The van der Waals surface area contributed by atoms with Crippen molar-refractivity contribution in [3.8, 4) is 0 Å². The lowest BCUT2D eigenvalue weighted by molar-refractivity contribution is -0.123. The SMILES string of the molecule is CCNc1cc(CN2CCC(C(N)=O)CC2)ccn1. The molecule has 0 bridgehead atoms. The number of primary amides is 1. The fourth-order valence-electron chi connectivity index (χ4n) is 2.48. The highest BCUT2D eigenvalue weighted by Gasteiger charge is 2.22. The van der Waals surface area contributed by atoms with Crippen molar-refractivity contribution in [2.75, 3.05) is 25.0 Å². The van der Waals surface area contributed by atoms with Crippen LogP contribution in [-0.4, -0.2) is 35.4 Å². The Morgan fingerprint density at radius 2 is 2.26 bits per heavy atom. The van der Waals surface area contributed by atoms with Crippen LogP contribution in [0.15, 0.2) is 18.3 Å². The van der Waals surface area contributed by atoms with E-state index in [9.17, 15) is 4.79 Å². The second-order valence-electron chi connectivity index (χ2n) is 5.03. The number of hydrogen-bond acceptors (Lipinski definition) is 4. The molecule has 3 N–H and O–H groups in total. The molecule has 0 radical (unpaired) electrons. The normalized spacial score (nSPS) is 17.3. The molecule has 1 aromatic rings. The molecule has 1 amide bonds. The summed E-state index contributed by atoms with van der Waals surface area (Å²) in [6.45, 7) is 5.72. The Labute approximate surface area is 114 Å². The molecule has 0 aliphatic carbocycles. The molecule has 19 heavy (non-hydrogen) atoms. The van der Waals surface area contributed by atoms with E-state index in [1.165, 1.54) is 5.56 Å². The van der Waals surface area contributed by atoms with E-state index in [4.69, 9.17) is 5.73 Å². The van der Waals surface area contributed by atoms with E-state index in [-0.39, 0.29) is 11.8 Å². The van der Waals surface area contributed by atoms with Crippen LogP contribution in [0, 0.1) is 5.92 Å². The molecule has 0 saturated carbocycles. The fourth-order valence-corrected chi connectivity index (χ4v) is 2.48. The Balaban J connectivity index is 1.88. The van der Waals surface area contributed by atoms with Crippen LogP contribution in [0.4, 0.5) is 5.82 Å². The van der Waals surface area contributed by atoms with Crippen molar-refractivity contribution in [2.45, 2.75) is 26.3 Å². The van der Waals surface area contributed by atoms with Gasteiger partial charge in [-0.3, -0.25) is 9.69 Å². The van der Waals surface area contributed by atoms with E-state index in [2.05, 4.69) is 28.2 Å². The predicted molar refractivity (Wildman–Crippen MR) is 75.6 cm³/mol. The maximum Gasteiger partial charge on any atom is 0.220 e. The second kappa shape index (κ2) is 6.52. The van der Waals surface area contributed by atoms with Crippen LogP contribution >= 0.6 is 0 Å². The number of hydrogen-bond donors (Lipinski definition) is 2. The minimum absolute atomic E-state index is 0.0611. The number of nitrogens with zero attached hydrogens (tertiary/aromatic N) is 2. The summed E-state index contributed by atoms with van der Waals surface area (Å²) in [6, 6.07) is 4.13. The lowest BCUT2D eigenvalue weighted by Gasteiger charge is -2.30. The number of aromatic nitrogens is 1. The van der Waals surface area contributed by atoms with Gasteiger partial charge in [0.15, 0.2) is 0 Å². The summed E-state index contributed by atoms with van der Waals surface area (Å²) in [5.41, 5.74) is 6.60. The van der Waals surface area contributed by atoms with Gasteiger partial charge in [-0.15, -0.1) is 0 Å². The molecule has 0 aromatic carbocycles. The number of carbonyl (C=O) groups excluding carboxylic acids is 1. The van der Waals surface area contributed by atoms with E-state index in [0.29, 0.717) is 0 Å². The van der Waals surface area contributed by atoms with Crippen molar-refractivity contribution in [3.63, 3.8) is 0 Å². The van der Waals surface area contributed by atoms with Crippen LogP contribution in [0.25, 0.3) is 0 Å². The van der Waals surface area contributed by atoms with Gasteiger partial charge in [0.1, 0.15) is 5.82 Å². The number of piperidine rings is 1. The van der Waals surface area contributed by atoms with Crippen molar-refractivity contribution >= 4 is 11.7 Å². The number of likely N-dealkylation sites (tertiary alicyclic amines) is 1. The second-order valence-corrected chi connectivity index (χ2v) is 5.03. The van der Waals surface area contributed by atoms with Gasteiger partial charge in [-0.25, -0.2) is 4.98 Å². The molecule has 5 heteroatoms. The van der Waals surface area contributed by atoms with Gasteiger partial charge in [0.05, 0.1) is 0 Å². The summed E-state index contributed by atoms with van der Waals surface area (Å²) >= 11 is 0. The Morgan fingerprint density at radius 1 is 1.53 bits per heavy atom. The zero-order chi connectivity index (χ0) is 13.7. The third kappa shape index (κ3) is 3.92. The minimum Gasteiger partial charge on any atom is -0.370 e. The molecule has 1 saturated heterocycles. The number of amides is 1. The van der Waals surface area contributed by atoms with E-state index >= 15 is 0 Å². The largest absolute Gasteiger partial charge is 0.370 e. The van der Waals surface area contributed by atoms with Gasteiger partial charge in [-0.1, -0.05) is 0 Å². The number of anilines is 1. The average Bonchev–Trinajstić information content (AvgIpc) is 2.40. The molecule has 1 aliphatic rings. The Morgan fingerprint density at radius 3 is 2.89 bits per heavy atom. The van der Waals surface area contributed by atoms with Crippen LogP contribution < -0.4 is 11.1 Å². The molecule has 2 heterocycles. The lowest BCUT2D eigenvalue weighted by atomic mass is 9.96. The predicted octanol–water partition coefficient (Wildman–Crippen LogP) is 1.21. The van der Waals surface area contributed by atoms with E-state index in [1.54, 1.807) is 0 Å². The maximum absolute atomic E-state index is 11.1. The summed E-state index contributed by atoms with van der Waals surface area (Å²) in [7, 11) is 0. The van der Waals surface area contributed by atoms with E-state index < -0.39 is 0 Å². The van der Waals surface area contributed by atoms with Gasteiger partial charge in [0.25, 0.3) is 0 Å². The molecular weight excluding hydrogens is 240 g/mol. The van der Waals surface area contributed by atoms with E-state index in [1.807, 2.05) is 12.3 Å². The third-order valence-corrected chi connectivity index (χ3v) is 3.58. The van der Waals surface area contributed by atoms with Gasteiger partial charge < -0.3 is 11.1 Å². The molecule has 5 nitrogen and oxygen atoms in total. The summed E-state index contributed by atoms with van der Waals surface area (Å²) in [5, 5.41) is 3.22. The van der Waals surface area contributed by atoms with E-state index in [0.717, 1.165) is 44.8 Å². The number of pyridine rings is 1. The third-order valence-electron chi connectivity index (χ3n) is 3.58. The van der Waals surface area contributed by atoms with Crippen LogP contribution in [0.1, 0.15) is 25.3 Å². The standard InChI is InChI=1S/C14H22N4O/c1-2-16-13-9-11(3-6-17-13)10-18-7-4-12(5-8-18)14(15)19/h3,6,9,12H,2,4-5,7-8,10H2,1H3,(H2,15,19)(H,16,17). The molecule has 0 atom stereocenters. The Hall–Kier alpha value is -1.62. The first kappa shape index (κ1) is 13.8. The van der Waals surface area contributed by atoms with Gasteiger partial charge in [0.2, 0.25) is 5.91 Å². The molecular formula is C14H22N4O. The minimum atomic E-state index is -0.155. The molecule has 1 fully saturated rings. The number of carbonyl (C=O) groups is 1. The highest BCUT2D eigenvalue weighted by molar-refractivity contribution is 5.76. The number of nitrogens with one attached hydrogen (secondary N) is 1. The lowest BCUT2D eigenvalue weighted by Crippen LogP contribution is -2.38. The van der Waals surface area contributed by atoms with Crippen molar-refractivity contribution < 1.29 is 4.79 Å². The van der Waals surface area contributed by atoms with Crippen LogP contribution in [-0.2, 0) is 11.3 Å². The fraction of sp³-hybridized carbons (Fsp3) is 0.571. The molecule has 1 aliphatic heterocycles. The average molecular weight is 262 g/mol. The quantitative estimate of drug-likeness (QED) is 0.836. The van der Waals surface area contributed by atoms with Crippen molar-refractivity contribution in [1.29, 1.82) is 0 Å². The van der Waals surface area contributed by atoms with Crippen LogP contribution in [0.3, 0.4) is 0 Å². The van der Waals surface area contributed by atoms with Gasteiger partial charge >= 0.3 is 0 Å². The van der Waals surface area contributed by atoms with Crippen molar-refractivity contribution in [1.82, 2.24) is 9.88 Å². The summed E-state index contributed by atoms with van der Waals surface area (Å²) in [4.78, 5) is 17.8. The smallest absolute Gasteiger partial charge is 0.220 e. The first-order valence-corrected chi connectivity index (χ1v) is 6.89. The summed E-state index contributed by atoms with van der Waals surface area (Å²) in [6.07, 6.45) is 3.59. The summed E-state index contributed by atoms with van der Waals surface area (Å²) < 4.78 is 0. The zero-order valence-corrected chi connectivity index (χ0v) is 11.4. The van der Waals surface area contributed by atoms with Gasteiger partial charge in [-0.05, 0) is 50.6 Å². The van der Waals surface area contributed by atoms with Crippen molar-refractivity contribution in [3.05, 3.63) is 23.9 Å². The van der Waals surface area contributed by atoms with Crippen LogP contribution in [0.2, 0.25) is 0 Å². The Bertz CT molecular complexity index is 427. The Kier molecular flexibility index (Phi) is 4.74. The molecule has 104 valence electrons. The molecule has 2 rings (SSSR count). The molecule has 1 aromatic heterocycles. The summed E-state index contributed by atoms with van der Waals surface area (Å²) in [5.74, 6) is 0.830. The molecule has 0 spiro atoms. The highest BCUT2D eigenvalue weighted by atomic mass is 16.1. The molecule has 0 unspecified atom stereocenters. The highest BCUT2D eigenvalue weighted by Crippen LogP contribution is 2.19. The van der Waals surface area contributed by atoms with Gasteiger partial charge in [-0.2, -0.15) is 0 Å². The van der Waals surface area contributed by atoms with Crippen LogP contribution in [0.5, 0.6) is 0 Å². The number of nitrogens with two attached hydrogens (primary N) is 1.